The van der Waals surface area contributed by atoms with E-state index in [9.17, 15) is 13.2 Å². The maximum absolute atomic E-state index is 12.2. The zero-order valence-corrected chi connectivity index (χ0v) is 10.9. The minimum atomic E-state index is -3.52. The topological polar surface area (TPSA) is 74.7 Å². The van der Waals surface area contributed by atoms with Crippen LogP contribution in [0.5, 0.6) is 0 Å². The van der Waals surface area contributed by atoms with Crippen LogP contribution in [0, 0.1) is 0 Å². The van der Waals surface area contributed by atoms with Gasteiger partial charge in [0.15, 0.2) is 0 Å². The molecule has 1 aliphatic heterocycles. The Morgan fingerprint density at radius 2 is 2.22 bits per heavy atom. The van der Waals surface area contributed by atoms with Crippen molar-refractivity contribution in [2.24, 2.45) is 0 Å². The molecule has 0 radical (unpaired) electrons. The van der Waals surface area contributed by atoms with Crippen LogP contribution in [0.1, 0.15) is 25.7 Å². The molecule has 1 saturated heterocycles. The molecule has 0 aromatic carbocycles. The number of sulfonamides is 1. The van der Waals surface area contributed by atoms with E-state index in [1.165, 1.54) is 0 Å². The minimum Gasteiger partial charge on any atom is -0.480 e. The molecule has 100 valence electrons. The number of hydrogen-bond acceptors (Lipinski definition) is 3. The number of nitrogens with zero attached hydrogens (tertiary/aromatic N) is 1. The van der Waals surface area contributed by atoms with Crippen molar-refractivity contribution in [1.29, 1.82) is 0 Å². The summed E-state index contributed by atoms with van der Waals surface area (Å²) in [6.07, 6.45) is 8.48. The molecule has 5 nitrogen and oxygen atoms in total. The maximum Gasteiger partial charge on any atom is 0.322 e. The fraction of sp³-hybridized carbons (Fsp3) is 0.583. The first kappa shape index (κ1) is 13.3. The molecule has 0 aromatic rings. The molecule has 1 aliphatic carbocycles. The highest BCUT2D eigenvalue weighted by Gasteiger charge is 2.38. The van der Waals surface area contributed by atoms with Crippen LogP contribution in [-0.2, 0) is 14.8 Å². The van der Waals surface area contributed by atoms with E-state index in [-0.39, 0.29) is 5.75 Å². The van der Waals surface area contributed by atoms with Gasteiger partial charge in [0.25, 0.3) is 0 Å². The van der Waals surface area contributed by atoms with Gasteiger partial charge < -0.3 is 5.11 Å². The van der Waals surface area contributed by atoms with Crippen molar-refractivity contribution in [2.45, 2.75) is 31.7 Å². The number of carboxylic acids is 1. The van der Waals surface area contributed by atoms with Gasteiger partial charge in [-0.3, -0.25) is 4.79 Å². The van der Waals surface area contributed by atoms with Crippen molar-refractivity contribution in [3.8, 4) is 0 Å². The zero-order valence-electron chi connectivity index (χ0n) is 10.1. The summed E-state index contributed by atoms with van der Waals surface area (Å²) in [5, 5.41) is 9.02. The van der Waals surface area contributed by atoms with Crippen LogP contribution < -0.4 is 0 Å². The first-order chi connectivity index (χ1) is 8.50. The Morgan fingerprint density at radius 1 is 1.44 bits per heavy atom. The van der Waals surface area contributed by atoms with Crippen molar-refractivity contribution in [1.82, 2.24) is 4.31 Å². The fourth-order valence-corrected chi connectivity index (χ4v) is 4.18. The van der Waals surface area contributed by atoms with Crippen LogP contribution in [0.2, 0.25) is 0 Å². The van der Waals surface area contributed by atoms with Crippen LogP contribution in [0.15, 0.2) is 23.8 Å². The van der Waals surface area contributed by atoms with Crippen LogP contribution in [-0.4, -0.2) is 42.1 Å². The molecular weight excluding hydrogens is 254 g/mol. The fourth-order valence-electron chi connectivity index (χ4n) is 2.39. The minimum absolute atomic E-state index is 0.0900. The molecular formula is C12H17NO4S. The number of allylic oxidation sites excluding steroid dienone is 3. The predicted octanol–water partition coefficient (Wildman–Crippen LogP) is 1.14. The third-order valence-corrected chi connectivity index (χ3v) is 5.12. The van der Waals surface area contributed by atoms with Gasteiger partial charge in [-0.1, -0.05) is 18.2 Å². The van der Waals surface area contributed by atoms with Crippen LogP contribution in [0.4, 0.5) is 0 Å². The molecule has 0 amide bonds. The Morgan fingerprint density at radius 3 is 2.83 bits per heavy atom. The summed E-state index contributed by atoms with van der Waals surface area (Å²) in [5.41, 5.74) is 0.761. The molecule has 2 rings (SSSR count). The van der Waals surface area contributed by atoms with Gasteiger partial charge >= 0.3 is 5.97 Å². The first-order valence-corrected chi connectivity index (χ1v) is 7.69. The van der Waals surface area contributed by atoms with Crippen molar-refractivity contribution in [3.05, 3.63) is 23.8 Å². The van der Waals surface area contributed by atoms with Crippen molar-refractivity contribution >= 4 is 16.0 Å². The lowest BCUT2D eigenvalue weighted by Crippen LogP contribution is -2.41. The van der Waals surface area contributed by atoms with Crippen LogP contribution in [0.3, 0.4) is 0 Å². The highest BCUT2D eigenvalue weighted by Crippen LogP contribution is 2.23. The second-order valence-electron chi connectivity index (χ2n) is 4.62. The van der Waals surface area contributed by atoms with E-state index in [0.717, 1.165) is 22.7 Å². The molecule has 6 heteroatoms. The average Bonchev–Trinajstić information content (AvgIpc) is 2.79. The second kappa shape index (κ2) is 5.24. The third-order valence-electron chi connectivity index (χ3n) is 3.27. The number of rotatable bonds is 4. The summed E-state index contributed by atoms with van der Waals surface area (Å²) in [6, 6.07) is -0.886. The van der Waals surface area contributed by atoms with E-state index in [0.29, 0.717) is 19.4 Å². The molecule has 18 heavy (non-hydrogen) atoms. The van der Waals surface area contributed by atoms with Crippen molar-refractivity contribution in [2.75, 3.05) is 12.3 Å². The van der Waals surface area contributed by atoms with E-state index in [2.05, 4.69) is 0 Å². The van der Waals surface area contributed by atoms with Gasteiger partial charge in [0.2, 0.25) is 10.0 Å². The lowest BCUT2D eigenvalue weighted by Gasteiger charge is -2.21. The van der Waals surface area contributed by atoms with Crippen LogP contribution >= 0.6 is 0 Å². The summed E-state index contributed by atoms with van der Waals surface area (Å²) in [7, 11) is -3.52. The largest absolute Gasteiger partial charge is 0.480 e. The third kappa shape index (κ3) is 2.81. The van der Waals surface area contributed by atoms with E-state index in [4.69, 9.17) is 5.11 Å². The molecule has 0 saturated carbocycles. The summed E-state index contributed by atoms with van der Waals surface area (Å²) in [6.45, 7) is 0.316. The zero-order chi connectivity index (χ0) is 13.2. The number of hydrogen-bond donors (Lipinski definition) is 1. The van der Waals surface area contributed by atoms with Gasteiger partial charge in [0.05, 0.1) is 5.75 Å². The predicted molar refractivity (Wildman–Crippen MR) is 67.6 cm³/mol. The molecule has 0 bridgehead atoms. The van der Waals surface area contributed by atoms with Crippen LogP contribution in [0.25, 0.3) is 0 Å². The first-order valence-electron chi connectivity index (χ1n) is 6.08. The summed E-state index contributed by atoms with van der Waals surface area (Å²) in [4.78, 5) is 11.0. The molecule has 2 aliphatic rings. The SMILES string of the molecule is O=C(O)C1CCCN1S(=O)(=O)CC1=CCCC=C1. The monoisotopic (exact) mass is 271 g/mol. The normalized spacial score (nSPS) is 25.1. The van der Waals surface area contributed by atoms with Gasteiger partial charge in [-0.2, -0.15) is 4.31 Å². The second-order valence-corrected chi connectivity index (χ2v) is 6.54. The van der Waals surface area contributed by atoms with Crippen molar-refractivity contribution in [3.63, 3.8) is 0 Å². The lowest BCUT2D eigenvalue weighted by atomic mass is 10.1. The Balaban J connectivity index is 2.13. The molecule has 1 N–H and O–H groups in total. The molecule has 0 aromatic heterocycles. The Kier molecular flexibility index (Phi) is 3.87. The molecule has 0 spiro atoms. The summed E-state index contributed by atoms with van der Waals surface area (Å²) in [5.74, 6) is -1.14. The highest BCUT2D eigenvalue weighted by atomic mass is 32.2. The van der Waals surface area contributed by atoms with Gasteiger partial charge in [0.1, 0.15) is 6.04 Å². The maximum atomic E-state index is 12.2. The number of carboxylic acid groups (broad SMARTS) is 1. The Labute approximate surface area is 107 Å². The standard InChI is InChI=1S/C12H17NO4S/c14-12(15)11-7-4-8-13(11)18(16,17)9-10-5-2-1-3-6-10/h2,5-6,11H,1,3-4,7-9H2,(H,14,15). The van der Waals surface area contributed by atoms with Gasteiger partial charge in [-0.05, 0) is 31.3 Å². The van der Waals surface area contributed by atoms with E-state index < -0.39 is 22.0 Å². The Hall–Kier alpha value is -1.14. The lowest BCUT2D eigenvalue weighted by molar-refractivity contribution is -0.140. The number of aliphatic carboxylic acids is 1. The van der Waals surface area contributed by atoms with E-state index >= 15 is 0 Å². The highest BCUT2D eigenvalue weighted by molar-refractivity contribution is 7.89. The quantitative estimate of drug-likeness (QED) is 0.832. The smallest absolute Gasteiger partial charge is 0.322 e. The van der Waals surface area contributed by atoms with E-state index in [1.807, 2.05) is 18.2 Å². The molecule has 1 heterocycles. The number of carbonyl (C=O) groups is 1. The van der Waals surface area contributed by atoms with Gasteiger partial charge in [-0.15, -0.1) is 0 Å². The average molecular weight is 271 g/mol. The Bertz CT molecular complexity index is 492. The van der Waals surface area contributed by atoms with Crippen molar-refractivity contribution < 1.29 is 18.3 Å². The summed E-state index contributed by atoms with van der Waals surface area (Å²) < 4.78 is 25.5. The van der Waals surface area contributed by atoms with Gasteiger partial charge in [-0.25, -0.2) is 8.42 Å². The molecule has 1 unspecified atom stereocenters. The van der Waals surface area contributed by atoms with E-state index in [1.54, 1.807) is 0 Å². The molecule has 1 atom stereocenters. The molecule has 1 fully saturated rings. The van der Waals surface area contributed by atoms with Gasteiger partial charge in [0, 0.05) is 6.54 Å². The summed E-state index contributed by atoms with van der Waals surface area (Å²) >= 11 is 0.